The van der Waals surface area contributed by atoms with E-state index in [1.54, 1.807) is 6.92 Å². The number of anilines is 2. The van der Waals surface area contributed by atoms with Crippen LogP contribution in [-0.2, 0) is 4.79 Å². The third-order valence-corrected chi connectivity index (χ3v) is 3.63. The molecule has 1 aromatic carbocycles. The van der Waals surface area contributed by atoms with Crippen LogP contribution in [0.4, 0.5) is 11.4 Å². The van der Waals surface area contributed by atoms with Crippen LogP contribution in [0, 0.1) is 0 Å². The molecule has 0 spiro atoms. The zero-order valence-electron chi connectivity index (χ0n) is 12.1. The van der Waals surface area contributed by atoms with Crippen LogP contribution in [0.25, 0.3) is 0 Å². The van der Waals surface area contributed by atoms with E-state index in [9.17, 15) is 4.79 Å². The van der Waals surface area contributed by atoms with Gasteiger partial charge in [0, 0.05) is 17.4 Å². The summed E-state index contributed by atoms with van der Waals surface area (Å²) >= 11 is 0. The van der Waals surface area contributed by atoms with Crippen molar-refractivity contribution in [1.29, 1.82) is 0 Å². The second-order valence-corrected chi connectivity index (χ2v) is 5.66. The Kier molecular flexibility index (Phi) is 5.41. The highest BCUT2D eigenvalue weighted by Crippen LogP contribution is 2.22. The second-order valence-electron chi connectivity index (χ2n) is 5.66. The van der Waals surface area contributed by atoms with E-state index >= 15 is 0 Å². The van der Waals surface area contributed by atoms with E-state index in [1.165, 1.54) is 32.1 Å². The fourth-order valence-electron chi connectivity index (χ4n) is 2.61. The number of benzene rings is 1. The van der Waals surface area contributed by atoms with Crippen LogP contribution in [0.1, 0.15) is 45.4 Å². The predicted octanol–water partition coefficient (Wildman–Crippen LogP) is 3.14. The molecule has 4 nitrogen and oxygen atoms in total. The second kappa shape index (κ2) is 7.29. The van der Waals surface area contributed by atoms with Gasteiger partial charge in [-0.1, -0.05) is 19.3 Å². The zero-order chi connectivity index (χ0) is 14.4. The normalized spacial score (nSPS) is 17.5. The van der Waals surface area contributed by atoms with E-state index in [0.717, 1.165) is 11.4 Å². The molecule has 4 heteroatoms. The van der Waals surface area contributed by atoms with Gasteiger partial charge < -0.3 is 15.7 Å². The molecule has 110 valence electrons. The molecule has 0 heterocycles. The molecule has 1 saturated carbocycles. The number of rotatable bonds is 5. The Balaban J connectivity index is 1.84. The number of carbonyl (C=O) groups excluding carboxylic acids is 1. The lowest BCUT2D eigenvalue weighted by Gasteiger charge is -2.23. The van der Waals surface area contributed by atoms with Gasteiger partial charge in [-0.2, -0.15) is 0 Å². The molecule has 3 N–H and O–H groups in total. The fourth-order valence-corrected chi connectivity index (χ4v) is 2.61. The minimum Gasteiger partial charge on any atom is -0.393 e. The van der Waals surface area contributed by atoms with E-state index < -0.39 is 6.10 Å². The number of nitrogens with one attached hydrogen (secondary N) is 2. The van der Waals surface area contributed by atoms with Gasteiger partial charge in [-0.25, -0.2) is 0 Å². The highest BCUT2D eigenvalue weighted by Gasteiger charge is 2.12. The van der Waals surface area contributed by atoms with Crippen LogP contribution < -0.4 is 10.6 Å². The van der Waals surface area contributed by atoms with Crippen molar-refractivity contribution in [2.45, 2.75) is 57.6 Å². The van der Waals surface area contributed by atoms with E-state index in [-0.39, 0.29) is 12.3 Å². The summed E-state index contributed by atoms with van der Waals surface area (Å²) in [6.45, 7) is 1.61. The van der Waals surface area contributed by atoms with Crippen molar-refractivity contribution < 1.29 is 9.90 Å². The van der Waals surface area contributed by atoms with Crippen molar-refractivity contribution in [3.8, 4) is 0 Å². The quantitative estimate of drug-likeness (QED) is 0.774. The first-order valence-electron chi connectivity index (χ1n) is 7.48. The van der Waals surface area contributed by atoms with Crippen LogP contribution in [0.15, 0.2) is 24.3 Å². The molecule has 1 amide bonds. The van der Waals surface area contributed by atoms with Gasteiger partial charge in [0.15, 0.2) is 0 Å². The Morgan fingerprint density at radius 2 is 1.80 bits per heavy atom. The number of hydrogen-bond acceptors (Lipinski definition) is 3. The summed E-state index contributed by atoms with van der Waals surface area (Å²) in [6, 6.07) is 8.36. The van der Waals surface area contributed by atoms with Crippen LogP contribution in [-0.4, -0.2) is 23.2 Å². The molecule has 2 rings (SSSR count). The Morgan fingerprint density at radius 3 is 2.40 bits per heavy atom. The molecule has 0 saturated heterocycles. The lowest BCUT2D eigenvalue weighted by atomic mass is 9.95. The average molecular weight is 276 g/mol. The molecule has 20 heavy (non-hydrogen) atoms. The van der Waals surface area contributed by atoms with Crippen molar-refractivity contribution in [3.05, 3.63) is 24.3 Å². The maximum Gasteiger partial charge on any atom is 0.226 e. The third-order valence-electron chi connectivity index (χ3n) is 3.63. The van der Waals surface area contributed by atoms with E-state index in [1.807, 2.05) is 24.3 Å². The van der Waals surface area contributed by atoms with Crippen molar-refractivity contribution in [2.24, 2.45) is 0 Å². The number of aliphatic hydroxyl groups excluding tert-OH is 1. The highest BCUT2D eigenvalue weighted by atomic mass is 16.3. The Labute approximate surface area is 120 Å². The molecule has 1 fully saturated rings. The third kappa shape index (κ3) is 4.85. The maximum atomic E-state index is 11.5. The molecule has 1 aromatic rings. The van der Waals surface area contributed by atoms with Gasteiger partial charge in [-0.3, -0.25) is 4.79 Å². The van der Waals surface area contributed by atoms with Gasteiger partial charge in [-0.05, 0) is 44.0 Å². The first kappa shape index (κ1) is 14.9. The minimum atomic E-state index is -0.609. The monoisotopic (exact) mass is 276 g/mol. The lowest BCUT2D eigenvalue weighted by molar-refractivity contribution is -0.117. The van der Waals surface area contributed by atoms with E-state index in [0.29, 0.717) is 6.04 Å². The van der Waals surface area contributed by atoms with Crippen molar-refractivity contribution >= 4 is 17.3 Å². The SMILES string of the molecule is CC(O)CC(=O)Nc1ccc(NC2CCCCC2)cc1. The predicted molar refractivity (Wildman–Crippen MR) is 81.9 cm³/mol. The molecule has 1 aliphatic carbocycles. The molecule has 0 aromatic heterocycles. The molecule has 0 radical (unpaired) electrons. The van der Waals surface area contributed by atoms with Crippen LogP contribution in [0.3, 0.4) is 0 Å². The molecular formula is C16H24N2O2. The van der Waals surface area contributed by atoms with Crippen molar-refractivity contribution in [1.82, 2.24) is 0 Å². The smallest absolute Gasteiger partial charge is 0.226 e. The van der Waals surface area contributed by atoms with Crippen LogP contribution >= 0.6 is 0 Å². The number of aliphatic hydroxyl groups is 1. The molecule has 1 aliphatic rings. The summed E-state index contributed by atoms with van der Waals surface area (Å²) in [5.41, 5.74) is 1.87. The first-order chi connectivity index (χ1) is 9.63. The standard InChI is InChI=1S/C16H24N2O2/c1-12(19)11-16(20)18-15-9-7-14(8-10-15)17-13-5-3-2-4-6-13/h7-10,12-13,17,19H,2-6,11H2,1H3,(H,18,20). The Bertz CT molecular complexity index is 423. The van der Waals surface area contributed by atoms with Gasteiger partial charge in [0.2, 0.25) is 5.91 Å². The minimum absolute atomic E-state index is 0.127. The van der Waals surface area contributed by atoms with E-state index in [2.05, 4.69) is 10.6 Å². The first-order valence-corrected chi connectivity index (χ1v) is 7.48. The number of hydrogen-bond donors (Lipinski definition) is 3. The molecule has 1 unspecified atom stereocenters. The molecular weight excluding hydrogens is 252 g/mol. The summed E-state index contributed by atoms with van der Waals surface area (Å²) in [6.07, 6.45) is 5.98. The Hall–Kier alpha value is -1.55. The van der Waals surface area contributed by atoms with Crippen LogP contribution in [0.2, 0.25) is 0 Å². The number of amides is 1. The summed E-state index contributed by atoms with van der Waals surface area (Å²) < 4.78 is 0. The highest BCUT2D eigenvalue weighted by molar-refractivity contribution is 5.91. The van der Waals surface area contributed by atoms with E-state index in [4.69, 9.17) is 5.11 Å². The summed E-state index contributed by atoms with van der Waals surface area (Å²) in [5, 5.41) is 15.5. The van der Waals surface area contributed by atoms with Crippen molar-refractivity contribution in [2.75, 3.05) is 10.6 Å². The lowest BCUT2D eigenvalue weighted by Crippen LogP contribution is -2.22. The van der Waals surface area contributed by atoms with Gasteiger partial charge >= 0.3 is 0 Å². The molecule has 0 aliphatic heterocycles. The zero-order valence-corrected chi connectivity index (χ0v) is 12.1. The summed E-state index contributed by atoms with van der Waals surface area (Å²) in [5.74, 6) is -0.159. The number of carbonyl (C=O) groups is 1. The summed E-state index contributed by atoms with van der Waals surface area (Å²) in [7, 11) is 0. The van der Waals surface area contributed by atoms with Gasteiger partial charge in [0.05, 0.1) is 12.5 Å². The topological polar surface area (TPSA) is 61.4 Å². The Morgan fingerprint density at radius 1 is 1.20 bits per heavy atom. The van der Waals surface area contributed by atoms with Gasteiger partial charge in [0.25, 0.3) is 0 Å². The van der Waals surface area contributed by atoms with Crippen molar-refractivity contribution in [3.63, 3.8) is 0 Å². The van der Waals surface area contributed by atoms with Crippen LogP contribution in [0.5, 0.6) is 0 Å². The molecule has 1 atom stereocenters. The largest absolute Gasteiger partial charge is 0.393 e. The molecule has 0 bridgehead atoms. The average Bonchev–Trinajstić information content (AvgIpc) is 2.41. The maximum absolute atomic E-state index is 11.5. The summed E-state index contributed by atoms with van der Waals surface area (Å²) in [4.78, 5) is 11.5. The van der Waals surface area contributed by atoms with Gasteiger partial charge in [-0.15, -0.1) is 0 Å². The van der Waals surface area contributed by atoms with Gasteiger partial charge in [0.1, 0.15) is 0 Å². The fraction of sp³-hybridized carbons (Fsp3) is 0.562.